The summed E-state index contributed by atoms with van der Waals surface area (Å²) in [6, 6.07) is 2.14. The second kappa shape index (κ2) is 6.91. The van der Waals surface area contributed by atoms with E-state index in [4.69, 9.17) is 4.74 Å². The van der Waals surface area contributed by atoms with E-state index in [0.717, 1.165) is 25.2 Å². The quantitative estimate of drug-likeness (QED) is 0.667. The Morgan fingerprint density at radius 1 is 1.38 bits per heavy atom. The molecule has 128 valence electrons. The Kier molecular flexibility index (Phi) is 4.87. The lowest BCUT2D eigenvalue weighted by atomic mass is 10.0. The van der Waals surface area contributed by atoms with E-state index in [1.165, 1.54) is 10.4 Å². The van der Waals surface area contributed by atoms with Crippen molar-refractivity contribution < 1.29 is 14.3 Å². The molecule has 2 aromatic rings. The Hall–Kier alpha value is -1.92. The van der Waals surface area contributed by atoms with Crippen molar-refractivity contribution in [3.8, 4) is 0 Å². The van der Waals surface area contributed by atoms with Crippen LogP contribution in [0.5, 0.6) is 0 Å². The normalized spacial score (nSPS) is 14.5. The highest BCUT2D eigenvalue weighted by atomic mass is 32.1. The average Bonchev–Trinajstić information content (AvgIpc) is 3.11. The number of H-pyrrole nitrogens is 1. The molecule has 0 spiro atoms. The molecule has 0 amide bonds. The summed E-state index contributed by atoms with van der Waals surface area (Å²) in [5.74, 6) is -0.353. The largest absolute Gasteiger partial charge is 0.461 e. The van der Waals surface area contributed by atoms with Crippen molar-refractivity contribution >= 4 is 23.1 Å². The Morgan fingerprint density at radius 2 is 2.17 bits per heavy atom. The van der Waals surface area contributed by atoms with Crippen molar-refractivity contribution in [1.82, 2.24) is 9.88 Å². The Labute approximate surface area is 145 Å². The fourth-order valence-electron chi connectivity index (χ4n) is 3.30. The van der Waals surface area contributed by atoms with Crippen LogP contribution in [0, 0.1) is 13.8 Å². The number of carbonyl (C=O) groups excluding carboxylic acids is 2. The third-order valence-corrected chi connectivity index (χ3v) is 5.47. The zero-order chi connectivity index (χ0) is 17.3. The molecule has 0 unspecified atom stereocenters. The number of hydrogen-bond acceptors (Lipinski definition) is 5. The van der Waals surface area contributed by atoms with Crippen molar-refractivity contribution in [2.45, 2.75) is 33.7 Å². The van der Waals surface area contributed by atoms with Crippen LogP contribution in [-0.4, -0.2) is 41.3 Å². The van der Waals surface area contributed by atoms with Crippen LogP contribution in [0.4, 0.5) is 0 Å². The molecule has 0 bridgehead atoms. The average molecular weight is 346 g/mol. The number of hydrogen-bond donors (Lipinski definition) is 1. The van der Waals surface area contributed by atoms with Crippen molar-refractivity contribution in [3.63, 3.8) is 0 Å². The smallest absolute Gasteiger partial charge is 0.355 e. The number of ketones is 1. The molecule has 0 atom stereocenters. The van der Waals surface area contributed by atoms with Crippen LogP contribution in [0.1, 0.15) is 49.5 Å². The summed E-state index contributed by atoms with van der Waals surface area (Å²) in [5.41, 5.74) is 3.75. The molecule has 2 aromatic heterocycles. The number of aromatic nitrogens is 1. The zero-order valence-corrected chi connectivity index (χ0v) is 15.1. The minimum absolute atomic E-state index is 0.0514. The minimum atomic E-state index is -0.405. The molecule has 0 aromatic carbocycles. The molecule has 0 fully saturated rings. The van der Waals surface area contributed by atoms with Gasteiger partial charge in [0.15, 0.2) is 5.78 Å². The van der Waals surface area contributed by atoms with Gasteiger partial charge in [-0.15, -0.1) is 11.3 Å². The molecular weight excluding hydrogens is 324 g/mol. The lowest BCUT2D eigenvalue weighted by molar-refractivity contribution is 0.0519. The number of fused-ring (bicyclic) bond motifs is 1. The second-order valence-corrected chi connectivity index (χ2v) is 7.10. The van der Waals surface area contributed by atoms with Gasteiger partial charge in [0.05, 0.1) is 13.2 Å². The zero-order valence-electron chi connectivity index (χ0n) is 14.3. The molecule has 24 heavy (non-hydrogen) atoms. The highest BCUT2D eigenvalue weighted by molar-refractivity contribution is 7.10. The number of nitrogens with one attached hydrogen (secondary N) is 1. The van der Waals surface area contributed by atoms with Crippen LogP contribution in [0.2, 0.25) is 0 Å². The van der Waals surface area contributed by atoms with Gasteiger partial charge >= 0.3 is 5.97 Å². The Bertz CT molecular complexity index is 775. The fourth-order valence-corrected chi connectivity index (χ4v) is 4.19. The van der Waals surface area contributed by atoms with E-state index in [9.17, 15) is 9.59 Å². The van der Waals surface area contributed by atoms with Gasteiger partial charge in [0.25, 0.3) is 0 Å². The molecule has 0 saturated carbocycles. The minimum Gasteiger partial charge on any atom is -0.461 e. The summed E-state index contributed by atoms with van der Waals surface area (Å²) in [7, 11) is 0. The first-order valence-corrected chi connectivity index (χ1v) is 9.06. The van der Waals surface area contributed by atoms with Crippen LogP contribution in [-0.2, 0) is 17.7 Å². The maximum absolute atomic E-state index is 12.8. The lowest BCUT2D eigenvalue weighted by Gasteiger charge is -2.26. The van der Waals surface area contributed by atoms with Gasteiger partial charge in [-0.3, -0.25) is 9.69 Å². The molecule has 0 aliphatic carbocycles. The summed E-state index contributed by atoms with van der Waals surface area (Å²) in [5, 5.41) is 2.11. The first kappa shape index (κ1) is 16.9. The molecule has 1 aliphatic heterocycles. The standard InChI is InChI=1S/C18H22N2O3S/c1-4-23-18(22)17-11(2)16(12(3)19-17)14(21)10-20-7-5-15-13(9-20)6-8-24-15/h6,8,19H,4-5,7,9-10H2,1-3H3. The van der Waals surface area contributed by atoms with Gasteiger partial charge in [0, 0.05) is 29.2 Å². The number of ether oxygens (including phenoxy) is 1. The van der Waals surface area contributed by atoms with E-state index < -0.39 is 5.97 Å². The summed E-state index contributed by atoms with van der Waals surface area (Å²) < 4.78 is 5.05. The van der Waals surface area contributed by atoms with Crippen LogP contribution < -0.4 is 0 Å². The van der Waals surface area contributed by atoms with E-state index in [1.54, 1.807) is 25.2 Å². The SMILES string of the molecule is CCOC(=O)c1[nH]c(C)c(C(=O)CN2CCc3sccc3C2)c1C. The maximum atomic E-state index is 12.8. The van der Waals surface area contributed by atoms with Gasteiger partial charge in [-0.1, -0.05) is 0 Å². The number of esters is 1. The number of nitrogens with zero attached hydrogens (tertiary/aromatic N) is 1. The van der Waals surface area contributed by atoms with Gasteiger partial charge in [-0.2, -0.15) is 0 Å². The predicted octanol–water partition coefficient (Wildman–Crippen LogP) is 3.11. The first-order valence-electron chi connectivity index (χ1n) is 8.18. The summed E-state index contributed by atoms with van der Waals surface area (Å²) in [6.45, 7) is 7.80. The lowest BCUT2D eigenvalue weighted by Crippen LogP contribution is -2.34. The van der Waals surface area contributed by atoms with Crippen LogP contribution in [0.25, 0.3) is 0 Å². The van der Waals surface area contributed by atoms with Crippen molar-refractivity contribution in [3.05, 3.63) is 44.4 Å². The topological polar surface area (TPSA) is 62.4 Å². The van der Waals surface area contributed by atoms with E-state index in [2.05, 4.69) is 21.3 Å². The molecule has 3 rings (SSSR count). The first-order chi connectivity index (χ1) is 11.5. The van der Waals surface area contributed by atoms with E-state index >= 15 is 0 Å². The molecule has 1 aliphatic rings. The van der Waals surface area contributed by atoms with E-state index in [-0.39, 0.29) is 5.78 Å². The van der Waals surface area contributed by atoms with Crippen LogP contribution in [0.3, 0.4) is 0 Å². The summed E-state index contributed by atoms with van der Waals surface area (Å²) >= 11 is 1.79. The number of Topliss-reactive ketones (excluding diaryl/α,β-unsaturated/α-hetero) is 1. The van der Waals surface area contributed by atoms with Gasteiger partial charge < -0.3 is 9.72 Å². The molecule has 6 heteroatoms. The van der Waals surface area contributed by atoms with E-state index in [1.807, 2.05) is 6.92 Å². The van der Waals surface area contributed by atoms with Gasteiger partial charge in [-0.05, 0) is 49.8 Å². The number of thiophene rings is 1. The molecule has 5 nitrogen and oxygen atoms in total. The molecule has 0 radical (unpaired) electrons. The van der Waals surface area contributed by atoms with E-state index in [0.29, 0.717) is 30.0 Å². The maximum Gasteiger partial charge on any atom is 0.355 e. The molecular formula is C18H22N2O3S. The van der Waals surface area contributed by atoms with Gasteiger partial charge in [0.2, 0.25) is 0 Å². The molecule has 1 N–H and O–H groups in total. The second-order valence-electron chi connectivity index (χ2n) is 6.10. The van der Waals surface area contributed by atoms with Crippen LogP contribution in [0.15, 0.2) is 11.4 Å². The summed E-state index contributed by atoms with van der Waals surface area (Å²) in [4.78, 5) is 31.4. The third-order valence-electron chi connectivity index (χ3n) is 4.45. The highest BCUT2D eigenvalue weighted by Gasteiger charge is 2.25. The molecule has 0 saturated heterocycles. The van der Waals surface area contributed by atoms with Crippen molar-refractivity contribution in [2.75, 3.05) is 19.7 Å². The van der Waals surface area contributed by atoms with Gasteiger partial charge in [0.1, 0.15) is 5.69 Å². The number of rotatable bonds is 5. The number of aryl methyl sites for hydroxylation is 1. The Morgan fingerprint density at radius 3 is 2.92 bits per heavy atom. The predicted molar refractivity (Wildman–Crippen MR) is 93.9 cm³/mol. The van der Waals surface area contributed by atoms with Crippen LogP contribution >= 0.6 is 11.3 Å². The molecule has 3 heterocycles. The van der Waals surface area contributed by atoms with Crippen molar-refractivity contribution in [2.24, 2.45) is 0 Å². The fraction of sp³-hybridized carbons (Fsp3) is 0.444. The Balaban J connectivity index is 1.75. The van der Waals surface area contributed by atoms with Crippen molar-refractivity contribution in [1.29, 1.82) is 0 Å². The third kappa shape index (κ3) is 3.16. The monoisotopic (exact) mass is 346 g/mol. The summed E-state index contributed by atoms with van der Waals surface area (Å²) in [6.07, 6.45) is 0.999. The number of aromatic amines is 1. The highest BCUT2D eigenvalue weighted by Crippen LogP contribution is 2.25. The van der Waals surface area contributed by atoms with Gasteiger partial charge in [-0.25, -0.2) is 4.79 Å². The number of carbonyl (C=O) groups is 2.